The van der Waals surface area contributed by atoms with Crippen LogP contribution in [-0.4, -0.2) is 32.1 Å². The molecule has 0 heterocycles. The molecule has 7 heteroatoms. The van der Waals surface area contributed by atoms with Crippen molar-refractivity contribution in [1.82, 2.24) is 5.32 Å². The summed E-state index contributed by atoms with van der Waals surface area (Å²) < 4.78 is 10.3. The topological polar surface area (TPSA) is 76.7 Å². The normalized spacial score (nSPS) is 11.4. The van der Waals surface area contributed by atoms with Gasteiger partial charge < -0.3 is 20.1 Å². The number of hydrogen-bond acceptors (Lipinski definition) is 5. The molecule has 0 bridgehead atoms. The van der Waals surface area contributed by atoms with Crippen LogP contribution in [0.1, 0.15) is 31.4 Å². The molecule has 2 aromatic carbocycles. The first-order chi connectivity index (χ1) is 13.5. The standard InChI is InChI=1S/C21H25ClN2O4/c1-3-28-21(26)14-17(15-7-5-4-6-8-15)24-20(25)11-12-23-18-13-16(22)9-10-19(18)27-2/h4-10,13,17,23H,3,11-12,14H2,1-2H3,(H,24,25). The van der Waals surface area contributed by atoms with E-state index in [0.29, 0.717) is 29.6 Å². The maximum Gasteiger partial charge on any atom is 0.308 e. The zero-order valence-corrected chi connectivity index (χ0v) is 16.8. The largest absolute Gasteiger partial charge is 0.495 e. The first-order valence-corrected chi connectivity index (χ1v) is 9.48. The van der Waals surface area contributed by atoms with Gasteiger partial charge in [0.2, 0.25) is 5.91 Å². The molecule has 28 heavy (non-hydrogen) atoms. The number of halogens is 1. The fourth-order valence-corrected chi connectivity index (χ4v) is 2.89. The Bertz CT molecular complexity index is 783. The summed E-state index contributed by atoms with van der Waals surface area (Å²) in [5.41, 5.74) is 1.57. The van der Waals surface area contributed by atoms with Gasteiger partial charge in [0.1, 0.15) is 5.75 Å². The zero-order chi connectivity index (χ0) is 20.4. The number of amides is 1. The van der Waals surface area contributed by atoms with Crippen LogP contribution in [0.4, 0.5) is 5.69 Å². The first kappa shape index (κ1) is 21.6. The summed E-state index contributed by atoms with van der Waals surface area (Å²) in [6.45, 7) is 2.45. The van der Waals surface area contributed by atoms with Crippen molar-refractivity contribution in [1.29, 1.82) is 0 Å². The Labute approximate surface area is 170 Å². The van der Waals surface area contributed by atoms with E-state index in [1.807, 2.05) is 30.3 Å². The third kappa shape index (κ3) is 6.78. The second kappa shape index (κ2) is 11.2. The predicted octanol–water partition coefficient (Wildman–Crippen LogP) is 3.96. The molecular formula is C21H25ClN2O4. The van der Waals surface area contributed by atoms with Crippen LogP contribution in [0.2, 0.25) is 5.02 Å². The number of anilines is 1. The molecular weight excluding hydrogens is 380 g/mol. The highest BCUT2D eigenvalue weighted by Crippen LogP contribution is 2.27. The Hall–Kier alpha value is -2.73. The number of ether oxygens (including phenoxy) is 2. The van der Waals surface area contributed by atoms with Crippen LogP contribution in [0.3, 0.4) is 0 Å². The molecule has 1 atom stereocenters. The Morgan fingerprint density at radius 1 is 1.14 bits per heavy atom. The summed E-state index contributed by atoms with van der Waals surface area (Å²) in [6, 6.07) is 14.2. The van der Waals surface area contributed by atoms with Crippen LogP contribution >= 0.6 is 11.6 Å². The quantitative estimate of drug-likeness (QED) is 0.586. The van der Waals surface area contributed by atoms with Gasteiger partial charge in [-0.05, 0) is 30.7 Å². The number of esters is 1. The average Bonchev–Trinajstić information content (AvgIpc) is 2.68. The third-order valence-electron chi connectivity index (χ3n) is 4.04. The van der Waals surface area contributed by atoms with Gasteiger partial charge in [0.15, 0.2) is 0 Å². The Morgan fingerprint density at radius 3 is 2.57 bits per heavy atom. The van der Waals surface area contributed by atoms with Gasteiger partial charge >= 0.3 is 5.97 Å². The summed E-state index contributed by atoms with van der Waals surface area (Å²) >= 11 is 6.01. The molecule has 2 aromatic rings. The fraction of sp³-hybridized carbons (Fsp3) is 0.333. The number of hydrogen-bond donors (Lipinski definition) is 2. The van der Waals surface area contributed by atoms with Gasteiger partial charge in [0, 0.05) is 18.0 Å². The number of nitrogens with one attached hydrogen (secondary N) is 2. The molecule has 0 fully saturated rings. The van der Waals surface area contributed by atoms with Crippen molar-refractivity contribution in [3.05, 3.63) is 59.1 Å². The van der Waals surface area contributed by atoms with E-state index < -0.39 is 6.04 Å². The smallest absolute Gasteiger partial charge is 0.308 e. The molecule has 150 valence electrons. The number of benzene rings is 2. The van der Waals surface area contributed by atoms with Crippen molar-refractivity contribution in [2.75, 3.05) is 25.6 Å². The maximum atomic E-state index is 12.4. The van der Waals surface area contributed by atoms with E-state index >= 15 is 0 Å². The van der Waals surface area contributed by atoms with Crippen molar-refractivity contribution in [2.24, 2.45) is 0 Å². The van der Waals surface area contributed by atoms with Gasteiger partial charge in [-0.1, -0.05) is 41.9 Å². The average molecular weight is 405 g/mol. The fourth-order valence-electron chi connectivity index (χ4n) is 2.72. The SMILES string of the molecule is CCOC(=O)CC(NC(=O)CCNc1cc(Cl)ccc1OC)c1ccccc1. The number of carbonyl (C=O) groups excluding carboxylic acids is 2. The summed E-state index contributed by atoms with van der Waals surface area (Å²) in [6.07, 6.45) is 0.307. The lowest BCUT2D eigenvalue weighted by Crippen LogP contribution is -2.31. The monoisotopic (exact) mass is 404 g/mol. The van der Waals surface area contributed by atoms with Crippen molar-refractivity contribution in [2.45, 2.75) is 25.8 Å². The van der Waals surface area contributed by atoms with E-state index in [-0.39, 0.29) is 24.7 Å². The maximum absolute atomic E-state index is 12.4. The molecule has 0 aromatic heterocycles. The van der Waals surface area contributed by atoms with Gasteiger partial charge in [-0.3, -0.25) is 9.59 Å². The lowest BCUT2D eigenvalue weighted by Gasteiger charge is -2.19. The van der Waals surface area contributed by atoms with Gasteiger partial charge in [-0.2, -0.15) is 0 Å². The van der Waals surface area contributed by atoms with Gasteiger partial charge in [-0.15, -0.1) is 0 Å². The van der Waals surface area contributed by atoms with Crippen molar-refractivity contribution >= 4 is 29.2 Å². The highest BCUT2D eigenvalue weighted by Gasteiger charge is 2.19. The Kier molecular flexibility index (Phi) is 8.62. The summed E-state index contributed by atoms with van der Waals surface area (Å²) in [5.74, 6) is 0.124. The number of methoxy groups -OCH3 is 1. The molecule has 6 nitrogen and oxygen atoms in total. The zero-order valence-electron chi connectivity index (χ0n) is 16.0. The van der Waals surface area contributed by atoms with Crippen LogP contribution in [0.15, 0.2) is 48.5 Å². The Morgan fingerprint density at radius 2 is 1.89 bits per heavy atom. The molecule has 0 radical (unpaired) electrons. The van der Waals surface area contributed by atoms with E-state index in [2.05, 4.69) is 10.6 Å². The van der Waals surface area contributed by atoms with E-state index in [9.17, 15) is 9.59 Å². The molecule has 0 saturated heterocycles. The molecule has 0 saturated carbocycles. The highest BCUT2D eigenvalue weighted by atomic mass is 35.5. The minimum Gasteiger partial charge on any atom is -0.495 e. The third-order valence-corrected chi connectivity index (χ3v) is 4.28. The minimum absolute atomic E-state index is 0.0825. The van der Waals surface area contributed by atoms with Crippen LogP contribution in [-0.2, 0) is 14.3 Å². The summed E-state index contributed by atoms with van der Waals surface area (Å²) in [4.78, 5) is 24.3. The summed E-state index contributed by atoms with van der Waals surface area (Å²) in [5, 5.41) is 6.64. The van der Waals surface area contributed by atoms with Crippen LogP contribution < -0.4 is 15.4 Å². The lowest BCUT2D eigenvalue weighted by atomic mass is 10.0. The number of carbonyl (C=O) groups is 2. The highest BCUT2D eigenvalue weighted by molar-refractivity contribution is 6.30. The van der Waals surface area contributed by atoms with Crippen LogP contribution in [0, 0.1) is 0 Å². The van der Waals surface area contributed by atoms with E-state index in [0.717, 1.165) is 5.56 Å². The molecule has 2 rings (SSSR count). The van der Waals surface area contributed by atoms with Gasteiger partial charge in [0.25, 0.3) is 0 Å². The molecule has 1 amide bonds. The molecule has 1 unspecified atom stereocenters. The molecule has 0 aliphatic heterocycles. The number of rotatable bonds is 10. The molecule has 0 aliphatic rings. The summed E-state index contributed by atoms with van der Waals surface area (Å²) in [7, 11) is 1.57. The van der Waals surface area contributed by atoms with Crippen molar-refractivity contribution < 1.29 is 19.1 Å². The molecule has 0 aliphatic carbocycles. The van der Waals surface area contributed by atoms with E-state index in [1.54, 1.807) is 32.2 Å². The second-order valence-corrected chi connectivity index (χ2v) is 6.50. The van der Waals surface area contributed by atoms with Crippen LogP contribution in [0.5, 0.6) is 5.75 Å². The van der Waals surface area contributed by atoms with Crippen molar-refractivity contribution in [3.8, 4) is 5.75 Å². The van der Waals surface area contributed by atoms with E-state index in [1.165, 1.54) is 0 Å². The first-order valence-electron chi connectivity index (χ1n) is 9.10. The predicted molar refractivity (Wildman–Crippen MR) is 110 cm³/mol. The molecule has 2 N–H and O–H groups in total. The van der Waals surface area contributed by atoms with Crippen LogP contribution in [0.25, 0.3) is 0 Å². The minimum atomic E-state index is -0.437. The van der Waals surface area contributed by atoms with E-state index in [4.69, 9.17) is 21.1 Å². The van der Waals surface area contributed by atoms with Gasteiger partial charge in [0.05, 0.1) is 31.9 Å². The lowest BCUT2D eigenvalue weighted by molar-refractivity contribution is -0.143. The Balaban J connectivity index is 1.94. The van der Waals surface area contributed by atoms with Gasteiger partial charge in [-0.25, -0.2) is 0 Å². The second-order valence-electron chi connectivity index (χ2n) is 6.06. The van der Waals surface area contributed by atoms with Crippen molar-refractivity contribution in [3.63, 3.8) is 0 Å². The molecule has 0 spiro atoms.